The van der Waals surface area contributed by atoms with Crippen molar-refractivity contribution in [2.24, 2.45) is 17.6 Å². The van der Waals surface area contributed by atoms with Crippen LogP contribution < -0.4 is 11.1 Å². The molecule has 4 nitrogen and oxygen atoms in total. The Hall–Kier alpha value is -0.940. The summed E-state index contributed by atoms with van der Waals surface area (Å²) >= 11 is 1.64. The molecule has 2 rings (SSSR count). The lowest BCUT2D eigenvalue weighted by atomic mass is 9.88. The average Bonchev–Trinajstić information content (AvgIpc) is 2.79. The third-order valence-corrected chi connectivity index (χ3v) is 4.81. The fourth-order valence-electron chi connectivity index (χ4n) is 2.49. The molecule has 0 saturated heterocycles. The maximum atomic E-state index is 11.8. The molecule has 0 aromatic carbocycles. The van der Waals surface area contributed by atoms with Gasteiger partial charge in [0.25, 0.3) is 0 Å². The molecular formula is C14H23N3OS. The summed E-state index contributed by atoms with van der Waals surface area (Å²) in [7, 11) is 0. The van der Waals surface area contributed by atoms with E-state index in [1.807, 2.05) is 6.92 Å². The van der Waals surface area contributed by atoms with E-state index in [0.29, 0.717) is 6.54 Å². The molecule has 3 N–H and O–H groups in total. The number of nitrogens with one attached hydrogen (secondary N) is 1. The molecule has 2 unspecified atom stereocenters. The van der Waals surface area contributed by atoms with E-state index in [-0.39, 0.29) is 11.8 Å². The highest BCUT2D eigenvalue weighted by atomic mass is 32.1. The number of amides is 1. The minimum atomic E-state index is -0.159. The maximum Gasteiger partial charge on any atom is 0.230 e. The fraction of sp³-hybridized carbons (Fsp3) is 0.714. The van der Waals surface area contributed by atoms with E-state index in [4.69, 9.17) is 5.73 Å². The van der Waals surface area contributed by atoms with Crippen LogP contribution in [0.25, 0.3) is 0 Å². The van der Waals surface area contributed by atoms with Gasteiger partial charge in [0.05, 0.1) is 5.69 Å². The Bertz CT molecular complexity index is 444. The average molecular weight is 281 g/mol. The molecule has 1 amide bonds. The molecule has 0 saturated carbocycles. The van der Waals surface area contributed by atoms with Gasteiger partial charge < -0.3 is 11.1 Å². The predicted molar refractivity (Wildman–Crippen MR) is 79.4 cm³/mol. The number of aryl methyl sites for hydroxylation is 1. The molecule has 0 aliphatic heterocycles. The Balaban J connectivity index is 2.01. The van der Waals surface area contributed by atoms with E-state index in [2.05, 4.69) is 17.2 Å². The summed E-state index contributed by atoms with van der Waals surface area (Å²) in [5, 5.41) is 3.63. The van der Waals surface area contributed by atoms with E-state index in [1.54, 1.807) is 11.3 Å². The van der Waals surface area contributed by atoms with Crippen molar-refractivity contribution in [3.8, 4) is 0 Å². The van der Waals surface area contributed by atoms with E-state index in [9.17, 15) is 4.79 Å². The van der Waals surface area contributed by atoms with Gasteiger partial charge in [0.1, 0.15) is 0 Å². The first-order chi connectivity index (χ1) is 9.13. The zero-order chi connectivity index (χ0) is 13.8. The Morgan fingerprint density at radius 1 is 1.63 bits per heavy atom. The lowest BCUT2D eigenvalue weighted by molar-refractivity contribution is -0.119. The molecule has 1 aromatic heterocycles. The summed E-state index contributed by atoms with van der Waals surface area (Å²) in [6.07, 6.45) is 5.96. The van der Waals surface area contributed by atoms with Crippen LogP contribution in [0.5, 0.6) is 0 Å². The van der Waals surface area contributed by atoms with Crippen LogP contribution >= 0.6 is 11.3 Å². The normalized spacial score (nSPS) is 19.8. The quantitative estimate of drug-likeness (QED) is 0.871. The Kier molecular flexibility index (Phi) is 4.93. The first-order valence-corrected chi connectivity index (χ1v) is 7.95. The molecule has 1 aliphatic carbocycles. The van der Waals surface area contributed by atoms with E-state index >= 15 is 0 Å². The molecule has 5 heteroatoms. The van der Waals surface area contributed by atoms with Gasteiger partial charge in [0.15, 0.2) is 5.13 Å². The molecule has 106 valence electrons. The Morgan fingerprint density at radius 2 is 2.42 bits per heavy atom. The summed E-state index contributed by atoms with van der Waals surface area (Å²) in [6, 6.07) is 0. The van der Waals surface area contributed by atoms with Crippen LogP contribution in [0.15, 0.2) is 0 Å². The van der Waals surface area contributed by atoms with Crippen LogP contribution in [0.2, 0.25) is 0 Å². The number of fused-ring (bicyclic) bond motifs is 1. The van der Waals surface area contributed by atoms with Crippen molar-refractivity contribution < 1.29 is 4.79 Å². The molecule has 1 aliphatic rings. The van der Waals surface area contributed by atoms with Crippen LogP contribution in [0.1, 0.15) is 43.7 Å². The van der Waals surface area contributed by atoms with Crippen molar-refractivity contribution >= 4 is 22.4 Å². The second-order valence-corrected chi connectivity index (χ2v) is 6.50. The molecule has 0 bridgehead atoms. The van der Waals surface area contributed by atoms with Crippen molar-refractivity contribution in [3.05, 3.63) is 10.6 Å². The lowest BCUT2D eigenvalue weighted by Crippen LogP contribution is -2.26. The number of nitrogens with zero attached hydrogens (tertiary/aromatic N) is 1. The summed E-state index contributed by atoms with van der Waals surface area (Å²) < 4.78 is 0. The van der Waals surface area contributed by atoms with Gasteiger partial charge in [0, 0.05) is 17.3 Å². The maximum absolute atomic E-state index is 11.8. The third-order valence-electron chi connectivity index (χ3n) is 3.77. The number of carbonyl (C=O) groups is 1. The SMILES string of the molecule is CCCC1CCc2nc(NC(=O)C(C)CN)sc2C1. The van der Waals surface area contributed by atoms with E-state index < -0.39 is 0 Å². The standard InChI is InChI=1S/C14H23N3OS/c1-3-4-10-5-6-11-12(7-10)19-14(16-11)17-13(18)9(2)8-15/h9-10H,3-8,15H2,1-2H3,(H,16,17,18). The minimum absolute atomic E-state index is 0.0290. The number of hydrogen-bond donors (Lipinski definition) is 2. The second-order valence-electron chi connectivity index (χ2n) is 5.41. The second kappa shape index (κ2) is 6.48. The summed E-state index contributed by atoms with van der Waals surface area (Å²) in [6.45, 7) is 4.44. The van der Waals surface area contributed by atoms with Gasteiger partial charge in [-0.3, -0.25) is 4.79 Å². The number of hydrogen-bond acceptors (Lipinski definition) is 4. The predicted octanol–water partition coefficient (Wildman–Crippen LogP) is 2.58. The number of aromatic nitrogens is 1. The van der Waals surface area contributed by atoms with Crippen molar-refractivity contribution in [1.82, 2.24) is 4.98 Å². The lowest BCUT2D eigenvalue weighted by Gasteiger charge is -2.19. The number of carbonyl (C=O) groups excluding carboxylic acids is 1. The zero-order valence-corrected chi connectivity index (χ0v) is 12.6. The smallest absolute Gasteiger partial charge is 0.230 e. The zero-order valence-electron chi connectivity index (χ0n) is 11.7. The Morgan fingerprint density at radius 3 is 3.11 bits per heavy atom. The van der Waals surface area contributed by atoms with Crippen molar-refractivity contribution in [1.29, 1.82) is 0 Å². The van der Waals surface area contributed by atoms with Crippen LogP contribution in [-0.2, 0) is 17.6 Å². The Labute approximate surface area is 118 Å². The molecule has 0 fully saturated rings. The van der Waals surface area contributed by atoms with Crippen LogP contribution in [0.3, 0.4) is 0 Å². The number of rotatable bonds is 5. The largest absolute Gasteiger partial charge is 0.330 e. The first-order valence-electron chi connectivity index (χ1n) is 7.13. The highest BCUT2D eigenvalue weighted by Crippen LogP contribution is 2.34. The first kappa shape index (κ1) is 14.5. The highest BCUT2D eigenvalue weighted by Gasteiger charge is 2.23. The van der Waals surface area contributed by atoms with Crippen molar-refractivity contribution in [3.63, 3.8) is 0 Å². The molecule has 2 atom stereocenters. The van der Waals surface area contributed by atoms with Crippen molar-refractivity contribution in [2.45, 2.75) is 46.0 Å². The van der Waals surface area contributed by atoms with Crippen LogP contribution in [0, 0.1) is 11.8 Å². The van der Waals surface area contributed by atoms with E-state index in [0.717, 1.165) is 23.9 Å². The monoisotopic (exact) mass is 281 g/mol. The van der Waals surface area contributed by atoms with Gasteiger partial charge >= 0.3 is 0 Å². The highest BCUT2D eigenvalue weighted by molar-refractivity contribution is 7.15. The number of nitrogens with two attached hydrogens (primary N) is 1. The van der Waals surface area contributed by atoms with Gasteiger partial charge in [-0.05, 0) is 25.2 Å². The van der Waals surface area contributed by atoms with Gasteiger partial charge in [-0.1, -0.05) is 26.7 Å². The van der Waals surface area contributed by atoms with Gasteiger partial charge in [-0.2, -0.15) is 0 Å². The molecule has 0 spiro atoms. The van der Waals surface area contributed by atoms with Crippen LogP contribution in [-0.4, -0.2) is 17.4 Å². The summed E-state index contributed by atoms with van der Waals surface area (Å²) in [4.78, 5) is 17.7. The topological polar surface area (TPSA) is 68.0 Å². The summed E-state index contributed by atoms with van der Waals surface area (Å²) in [5.41, 5.74) is 6.69. The minimum Gasteiger partial charge on any atom is -0.330 e. The number of thiazole rings is 1. The van der Waals surface area contributed by atoms with Gasteiger partial charge in [0.2, 0.25) is 5.91 Å². The third kappa shape index (κ3) is 3.54. The molecule has 0 radical (unpaired) electrons. The molecular weight excluding hydrogens is 258 g/mol. The molecule has 19 heavy (non-hydrogen) atoms. The van der Waals surface area contributed by atoms with Gasteiger partial charge in [-0.25, -0.2) is 4.98 Å². The van der Waals surface area contributed by atoms with E-state index in [1.165, 1.54) is 29.8 Å². The van der Waals surface area contributed by atoms with Crippen molar-refractivity contribution in [2.75, 3.05) is 11.9 Å². The molecule has 1 heterocycles. The number of anilines is 1. The van der Waals surface area contributed by atoms with Gasteiger partial charge in [-0.15, -0.1) is 11.3 Å². The molecule has 1 aromatic rings. The van der Waals surface area contributed by atoms with Crippen LogP contribution in [0.4, 0.5) is 5.13 Å². The summed E-state index contributed by atoms with van der Waals surface area (Å²) in [5.74, 6) is 0.608. The fourth-order valence-corrected chi connectivity index (χ4v) is 3.61.